The summed E-state index contributed by atoms with van der Waals surface area (Å²) in [4.78, 5) is 11.1. The molecule has 0 radical (unpaired) electrons. The third-order valence-corrected chi connectivity index (χ3v) is 5.75. The van der Waals surface area contributed by atoms with Crippen LogP contribution in [-0.4, -0.2) is 29.8 Å². The van der Waals surface area contributed by atoms with Crippen molar-refractivity contribution >= 4 is 38.6 Å². The van der Waals surface area contributed by atoms with Gasteiger partial charge in [0.25, 0.3) is 11.1 Å². The molecule has 0 saturated carbocycles. The number of nitro benzene ring substituents is 1. The van der Waals surface area contributed by atoms with Crippen molar-refractivity contribution in [2.45, 2.75) is 15.0 Å². The highest BCUT2D eigenvalue weighted by atomic mass is 32.2. The molecule has 0 atom stereocenters. The van der Waals surface area contributed by atoms with E-state index in [0.29, 0.717) is 5.89 Å². The minimum Gasteiger partial charge on any atom is -0.410 e. The summed E-state index contributed by atoms with van der Waals surface area (Å²) >= 11 is 2.27. The first-order valence-electron chi connectivity index (χ1n) is 6.39. The van der Waals surface area contributed by atoms with Crippen molar-refractivity contribution < 1.29 is 17.8 Å². The Morgan fingerprint density at radius 1 is 1.25 bits per heavy atom. The highest BCUT2D eigenvalue weighted by Crippen LogP contribution is 2.39. The van der Waals surface area contributed by atoms with Crippen LogP contribution in [0.2, 0.25) is 0 Å². The van der Waals surface area contributed by atoms with Gasteiger partial charge in [0.05, 0.1) is 14.7 Å². The van der Waals surface area contributed by atoms with E-state index >= 15 is 0 Å². The van der Waals surface area contributed by atoms with Gasteiger partial charge in [-0.25, -0.2) is 8.42 Å². The number of benzene rings is 1. The van der Waals surface area contributed by atoms with Crippen molar-refractivity contribution in [3.05, 3.63) is 45.8 Å². The number of hydrogen-bond acceptors (Lipinski definition) is 9. The Hall–Kier alpha value is -2.24. The van der Waals surface area contributed by atoms with Gasteiger partial charge >= 0.3 is 5.69 Å². The molecule has 3 aromatic rings. The number of sulfone groups is 1. The van der Waals surface area contributed by atoms with Gasteiger partial charge in [0.15, 0.2) is 9.84 Å². The highest BCUT2D eigenvalue weighted by molar-refractivity contribution is 7.99. The van der Waals surface area contributed by atoms with E-state index in [-0.39, 0.29) is 15.0 Å². The Balaban J connectivity index is 2.00. The van der Waals surface area contributed by atoms with E-state index < -0.39 is 20.4 Å². The van der Waals surface area contributed by atoms with Gasteiger partial charge in [0.1, 0.15) is 4.90 Å². The predicted octanol–water partition coefficient (Wildman–Crippen LogP) is 3.26. The Kier molecular flexibility index (Phi) is 4.39. The molecule has 124 valence electrons. The third kappa shape index (κ3) is 3.32. The molecular formula is C13H9N3O5S3. The van der Waals surface area contributed by atoms with Gasteiger partial charge in [-0.1, -0.05) is 12.1 Å². The highest BCUT2D eigenvalue weighted by Gasteiger charge is 2.27. The molecule has 3 rings (SSSR count). The van der Waals surface area contributed by atoms with Crippen molar-refractivity contribution in [1.29, 1.82) is 0 Å². The normalized spacial score (nSPS) is 11.5. The summed E-state index contributed by atoms with van der Waals surface area (Å²) in [6.45, 7) is 0. The fraction of sp³-hybridized carbons (Fsp3) is 0.0769. The summed E-state index contributed by atoms with van der Waals surface area (Å²) < 4.78 is 29.0. The monoisotopic (exact) mass is 383 g/mol. The average Bonchev–Trinajstić information content (AvgIpc) is 3.16. The number of nitro groups is 1. The molecule has 11 heteroatoms. The predicted molar refractivity (Wildman–Crippen MR) is 87.9 cm³/mol. The molecule has 24 heavy (non-hydrogen) atoms. The summed E-state index contributed by atoms with van der Waals surface area (Å²) in [5.74, 6) is 0.300. The van der Waals surface area contributed by atoms with Crippen LogP contribution < -0.4 is 0 Å². The van der Waals surface area contributed by atoms with E-state index in [0.717, 1.165) is 22.9 Å². The minimum atomic E-state index is -3.74. The lowest BCUT2D eigenvalue weighted by molar-refractivity contribution is -0.390. The lowest BCUT2D eigenvalue weighted by Gasteiger charge is -2.04. The van der Waals surface area contributed by atoms with Crippen molar-refractivity contribution in [3.8, 4) is 10.8 Å². The maximum Gasteiger partial charge on any atom is 0.301 e. The van der Waals surface area contributed by atoms with E-state index in [1.807, 2.05) is 11.4 Å². The second-order valence-electron chi connectivity index (χ2n) is 4.58. The first-order valence-corrected chi connectivity index (χ1v) is 9.97. The van der Waals surface area contributed by atoms with Crippen LogP contribution in [0.15, 0.2) is 55.1 Å². The molecule has 0 spiro atoms. The van der Waals surface area contributed by atoms with E-state index in [2.05, 4.69) is 10.2 Å². The summed E-state index contributed by atoms with van der Waals surface area (Å²) in [6.07, 6.45) is 0.922. The van der Waals surface area contributed by atoms with Gasteiger partial charge in [-0.15, -0.1) is 21.5 Å². The molecule has 0 unspecified atom stereocenters. The molecule has 0 fully saturated rings. The molecule has 0 bridgehead atoms. The Bertz CT molecular complexity index is 996. The summed E-state index contributed by atoms with van der Waals surface area (Å²) in [6, 6.07) is 7.70. The number of thiophene rings is 1. The van der Waals surface area contributed by atoms with Crippen LogP contribution in [0.3, 0.4) is 0 Å². The van der Waals surface area contributed by atoms with Crippen LogP contribution in [0, 0.1) is 10.1 Å². The van der Waals surface area contributed by atoms with Crippen LogP contribution in [-0.2, 0) is 9.84 Å². The quantitative estimate of drug-likeness (QED) is 0.487. The molecule has 1 aromatic carbocycles. The smallest absolute Gasteiger partial charge is 0.301 e. The zero-order valence-electron chi connectivity index (χ0n) is 12.1. The van der Waals surface area contributed by atoms with E-state index in [1.54, 1.807) is 6.07 Å². The van der Waals surface area contributed by atoms with Crippen LogP contribution in [0.1, 0.15) is 0 Å². The molecule has 0 aliphatic rings. The minimum absolute atomic E-state index is 0.0900. The number of hydrogen-bond donors (Lipinski definition) is 0. The van der Waals surface area contributed by atoms with E-state index in [4.69, 9.17) is 4.42 Å². The zero-order valence-corrected chi connectivity index (χ0v) is 14.5. The molecule has 0 N–H and O–H groups in total. The first-order chi connectivity index (χ1) is 11.4. The molecule has 2 heterocycles. The largest absolute Gasteiger partial charge is 0.410 e. The van der Waals surface area contributed by atoms with Crippen LogP contribution in [0.4, 0.5) is 5.69 Å². The van der Waals surface area contributed by atoms with Crippen molar-refractivity contribution in [2.75, 3.05) is 6.26 Å². The van der Waals surface area contributed by atoms with Crippen LogP contribution in [0.5, 0.6) is 0 Å². The molecule has 8 nitrogen and oxygen atoms in total. The molecule has 2 aromatic heterocycles. The third-order valence-electron chi connectivity index (χ3n) is 2.88. The molecule has 0 aliphatic heterocycles. The Labute approximate surface area is 144 Å². The Morgan fingerprint density at radius 3 is 2.67 bits per heavy atom. The average molecular weight is 383 g/mol. The van der Waals surface area contributed by atoms with Gasteiger partial charge in [-0.2, -0.15) is 0 Å². The lowest BCUT2D eigenvalue weighted by atomic mass is 10.3. The summed E-state index contributed by atoms with van der Waals surface area (Å²) in [7, 11) is -3.74. The van der Waals surface area contributed by atoms with Gasteiger partial charge in [-0.3, -0.25) is 10.1 Å². The second kappa shape index (κ2) is 6.34. The SMILES string of the molecule is CS(=O)(=O)c1cccc(Sc2nnc(-c3cccs3)o2)c1[N+](=O)[O-]. The molecule has 0 aliphatic carbocycles. The van der Waals surface area contributed by atoms with E-state index in [9.17, 15) is 18.5 Å². The maximum absolute atomic E-state index is 11.8. The maximum atomic E-state index is 11.8. The summed E-state index contributed by atoms with van der Waals surface area (Å²) in [5.41, 5.74) is -0.499. The van der Waals surface area contributed by atoms with Crippen molar-refractivity contribution in [2.24, 2.45) is 0 Å². The fourth-order valence-electron chi connectivity index (χ4n) is 1.91. The topological polar surface area (TPSA) is 116 Å². The fourth-order valence-corrected chi connectivity index (χ4v) is 4.30. The Morgan fingerprint density at radius 2 is 2.04 bits per heavy atom. The van der Waals surface area contributed by atoms with E-state index in [1.165, 1.54) is 29.5 Å². The summed E-state index contributed by atoms with van der Waals surface area (Å²) in [5, 5.41) is 21.0. The number of rotatable bonds is 5. The van der Waals surface area contributed by atoms with Gasteiger partial charge in [-0.05, 0) is 35.3 Å². The standard InChI is InChI=1S/C13H9N3O5S3/c1-24(19,20)10-6-2-4-8(11(10)16(17)18)23-13-15-14-12(21-13)9-5-3-7-22-9/h2-7H,1H3. The number of aromatic nitrogens is 2. The van der Waals surface area contributed by atoms with Gasteiger partial charge in [0, 0.05) is 6.26 Å². The lowest BCUT2D eigenvalue weighted by Crippen LogP contribution is -2.03. The second-order valence-corrected chi connectivity index (χ2v) is 8.51. The van der Waals surface area contributed by atoms with Crippen molar-refractivity contribution in [1.82, 2.24) is 10.2 Å². The zero-order chi connectivity index (χ0) is 17.3. The van der Waals surface area contributed by atoms with Gasteiger partial charge in [0.2, 0.25) is 0 Å². The van der Waals surface area contributed by atoms with Crippen LogP contribution in [0.25, 0.3) is 10.8 Å². The first kappa shape index (κ1) is 16.6. The van der Waals surface area contributed by atoms with Crippen molar-refractivity contribution in [3.63, 3.8) is 0 Å². The molecule has 0 amide bonds. The number of nitrogens with zero attached hydrogens (tertiary/aromatic N) is 3. The molecule has 0 saturated heterocycles. The molecular weight excluding hydrogens is 374 g/mol. The van der Waals surface area contributed by atoms with Crippen LogP contribution >= 0.6 is 23.1 Å². The number of para-hydroxylation sites is 1. The van der Waals surface area contributed by atoms with Gasteiger partial charge < -0.3 is 4.42 Å².